The normalized spacial score (nSPS) is 10.1. The van der Waals surface area contributed by atoms with Crippen molar-refractivity contribution in [1.29, 1.82) is 5.26 Å². The van der Waals surface area contributed by atoms with Gasteiger partial charge in [0.05, 0.1) is 19.8 Å². The van der Waals surface area contributed by atoms with Gasteiger partial charge in [-0.05, 0) is 36.4 Å². The average molecular weight is 392 g/mol. The predicted octanol–water partition coefficient (Wildman–Crippen LogP) is 4.02. The molecule has 1 aromatic heterocycles. The molecule has 1 heterocycles. The van der Waals surface area contributed by atoms with Crippen molar-refractivity contribution in [2.75, 3.05) is 26.2 Å². The van der Waals surface area contributed by atoms with Crippen molar-refractivity contribution >= 4 is 11.6 Å². The van der Waals surface area contributed by atoms with Crippen LogP contribution in [0, 0.1) is 11.3 Å². The van der Waals surface area contributed by atoms with Gasteiger partial charge in [0.2, 0.25) is 0 Å². The van der Waals surface area contributed by atoms with Crippen LogP contribution in [0.1, 0.15) is 21.9 Å². The summed E-state index contributed by atoms with van der Waals surface area (Å²) < 4.78 is 21.8. The smallest absolute Gasteiger partial charge is 0.293 e. The van der Waals surface area contributed by atoms with Gasteiger partial charge in [-0.2, -0.15) is 5.26 Å². The number of methoxy groups -OCH3 is 2. The fourth-order valence-electron chi connectivity index (χ4n) is 2.72. The van der Waals surface area contributed by atoms with Crippen molar-refractivity contribution in [3.63, 3.8) is 0 Å². The number of para-hydroxylation sites is 1. The summed E-state index contributed by atoms with van der Waals surface area (Å²) in [7, 11) is 4.73. The number of furan rings is 1. The molecule has 3 aromatic rings. The topological polar surface area (TPSA) is 84.9 Å². The number of anilines is 1. The van der Waals surface area contributed by atoms with E-state index in [1.807, 2.05) is 0 Å². The second-order valence-electron chi connectivity index (χ2n) is 6.07. The molecule has 0 radical (unpaired) electrons. The van der Waals surface area contributed by atoms with Crippen LogP contribution in [0.2, 0.25) is 0 Å². The summed E-state index contributed by atoms with van der Waals surface area (Å²) in [5.41, 5.74) is 1.06. The minimum atomic E-state index is -0.319. The molecule has 3 rings (SSSR count). The lowest BCUT2D eigenvalue weighted by atomic mass is 10.2. The molecule has 0 aliphatic carbocycles. The van der Waals surface area contributed by atoms with Crippen LogP contribution in [0.4, 0.5) is 5.69 Å². The van der Waals surface area contributed by atoms with E-state index in [0.717, 1.165) is 0 Å². The number of amides is 1. The first kappa shape index (κ1) is 19.8. The van der Waals surface area contributed by atoms with Crippen LogP contribution >= 0.6 is 0 Å². The lowest BCUT2D eigenvalue weighted by Gasteiger charge is -2.18. The van der Waals surface area contributed by atoms with Crippen molar-refractivity contribution in [3.05, 3.63) is 71.7 Å². The summed E-state index contributed by atoms with van der Waals surface area (Å²) in [6, 6.07) is 17.5. The zero-order valence-corrected chi connectivity index (χ0v) is 16.3. The van der Waals surface area contributed by atoms with E-state index >= 15 is 0 Å². The molecule has 29 heavy (non-hydrogen) atoms. The van der Waals surface area contributed by atoms with Crippen LogP contribution < -0.4 is 19.1 Å². The Kier molecular flexibility index (Phi) is 6.05. The summed E-state index contributed by atoms with van der Waals surface area (Å²) in [5, 5.41) is 9.11. The summed E-state index contributed by atoms with van der Waals surface area (Å²) in [6.07, 6.45) is 0. The number of rotatable bonds is 7. The molecule has 0 aliphatic heterocycles. The zero-order valence-electron chi connectivity index (χ0n) is 16.3. The molecule has 0 fully saturated rings. The highest BCUT2D eigenvalue weighted by Crippen LogP contribution is 2.31. The van der Waals surface area contributed by atoms with Gasteiger partial charge in [-0.25, -0.2) is 0 Å². The predicted molar refractivity (Wildman–Crippen MR) is 106 cm³/mol. The Bertz CT molecular complexity index is 1050. The number of benzene rings is 2. The van der Waals surface area contributed by atoms with E-state index < -0.39 is 0 Å². The Labute approximate surface area is 168 Å². The molecular formula is C22H20N2O5. The minimum absolute atomic E-state index is 0.103. The minimum Gasteiger partial charge on any atom is -0.493 e. The van der Waals surface area contributed by atoms with Gasteiger partial charge in [0, 0.05) is 18.8 Å². The van der Waals surface area contributed by atoms with Crippen LogP contribution in [0.25, 0.3) is 0 Å². The molecule has 148 valence electrons. The van der Waals surface area contributed by atoms with Gasteiger partial charge >= 0.3 is 0 Å². The van der Waals surface area contributed by atoms with E-state index in [1.165, 1.54) is 12.0 Å². The molecule has 0 bridgehead atoms. The lowest BCUT2D eigenvalue weighted by molar-refractivity contribution is 0.0962. The van der Waals surface area contributed by atoms with E-state index in [2.05, 4.69) is 6.07 Å². The van der Waals surface area contributed by atoms with Gasteiger partial charge < -0.3 is 23.5 Å². The fraction of sp³-hybridized carbons (Fsp3) is 0.182. The molecule has 0 spiro atoms. The molecule has 0 unspecified atom stereocenters. The van der Waals surface area contributed by atoms with Gasteiger partial charge in [0.15, 0.2) is 17.3 Å². The lowest BCUT2D eigenvalue weighted by Crippen LogP contribution is -2.25. The molecule has 7 nitrogen and oxygen atoms in total. The third-order valence-corrected chi connectivity index (χ3v) is 4.31. The van der Waals surface area contributed by atoms with Gasteiger partial charge in [-0.15, -0.1) is 0 Å². The summed E-state index contributed by atoms with van der Waals surface area (Å²) in [5.74, 6) is 1.89. The molecular weight excluding hydrogens is 372 g/mol. The SMILES string of the molecule is COc1ccc(N(C)C(=O)c2ccc(COc3ccccc3C#N)o2)cc1OC. The highest BCUT2D eigenvalue weighted by Gasteiger charge is 2.19. The van der Waals surface area contributed by atoms with Crippen LogP contribution in [0.3, 0.4) is 0 Å². The molecule has 0 saturated carbocycles. The number of hydrogen-bond donors (Lipinski definition) is 0. The Morgan fingerprint density at radius 3 is 2.52 bits per heavy atom. The van der Waals surface area contributed by atoms with E-state index in [0.29, 0.717) is 34.3 Å². The Balaban J connectivity index is 1.71. The highest BCUT2D eigenvalue weighted by molar-refractivity contribution is 6.04. The maximum absolute atomic E-state index is 12.8. The van der Waals surface area contributed by atoms with Crippen molar-refractivity contribution < 1.29 is 23.4 Å². The summed E-state index contributed by atoms with van der Waals surface area (Å²) in [4.78, 5) is 14.2. The van der Waals surface area contributed by atoms with Gasteiger partial charge in [0.1, 0.15) is 24.2 Å². The van der Waals surface area contributed by atoms with Crippen molar-refractivity contribution in [2.24, 2.45) is 0 Å². The molecule has 7 heteroatoms. The van der Waals surface area contributed by atoms with Gasteiger partial charge in [0.25, 0.3) is 5.91 Å². The quantitative estimate of drug-likeness (QED) is 0.604. The number of carbonyl (C=O) groups excluding carboxylic acids is 1. The van der Waals surface area contributed by atoms with Crippen LogP contribution in [0.5, 0.6) is 17.2 Å². The van der Waals surface area contributed by atoms with Crippen molar-refractivity contribution in [2.45, 2.75) is 6.61 Å². The molecule has 1 amide bonds. The first-order valence-corrected chi connectivity index (χ1v) is 8.78. The number of carbonyl (C=O) groups is 1. The van der Waals surface area contributed by atoms with E-state index in [4.69, 9.17) is 23.9 Å². The fourth-order valence-corrected chi connectivity index (χ4v) is 2.72. The second kappa shape index (κ2) is 8.85. The van der Waals surface area contributed by atoms with Crippen LogP contribution in [-0.4, -0.2) is 27.2 Å². The highest BCUT2D eigenvalue weighted by atomic mass is 16.5. The van der Waals surface area contributed by atoms with Crippen molar-refractivity contribution in [1.82, 2.24) is 0 Å². The molecule has 2 aromatic carbocycles. The summed E-state index contributed by atoms with van der Waals surface area (Å²) in [6.45, 7) is 0.103. The van der Waals surface area contributed by atoms with Gasteiger partial charge in [-0.3, -0.25) is 4.79 Å². The van der Waals surface area contributed by atoms with E-state index in [-0.39, 0.29) is 18.3 Å². The zero-order chi connectivity index (χ0) is 20.8. The first-order chi connectivity index (χ1) is 14.1. The monoisotopic (exact) mass is 392 g/mol. The van der Waals surface area contributed by atoms with E-state index in [9.17, 15) is 4.79 Å². The molecule has 0 saturated heterocycles. The maximum atomic E-state index is 12.8. The third kappa shape index (κ3) is 4.33. The number of nitriles is 1. The van der Waals surface area contributed by atoms with Crippen molar-refractivity contribution in [3.8, 4) is 23.3 Å². The molecule has 0 atom stereocenters. The van der Waals surface area contributed by atoms with E-state index in [1.54, 1.807) is 68.8 Å². The average Bonchev–Trinajstić information content (AvgIpc) is 3.25. The molecule has 0 N–H and O–H groups in total. The third-order valence-electron chi connectivity index (χ3n) is 4.31. The number of ether oxygens (including phenoxy) is 3. The van der Waals surface area contributed by atoms with Crippen LogP contribution in [0.15, 0.2) is 59.0 Å². The first-order valence-electron chi connectivity index (χ1n) is 8.78. The number of hydrogen-bond acceptors (Lipinski definition) is 6. The molecule has 0 aliphatic rings. The van der Waals surface area contributed by atoms with Gasteiger partial charge in [-0.1, -0.05) is 12.1 Å². The van der Waals surface area contributed by atoms with Crippen LogP contribution in [-0.2, 0) is 6.61 Å². The second-order valence-corrected chi connectivity index (χ2v) is 6.07. The number of nitrogens with zero attached hydrogens (tertiary/aromatic N) is 2. The largest absolute Gasteiger partial charge is 0.493 e. The Morgan fingerprint density at radius 1 is 1.03 bits per heavy atom. The standard InChI is InChI=1S/C22H20N2O5/c1-24(16-8-10-19(26-2)21(12-16)27-3)22(25)20-11-9-17(29-20)14-28-18-7-5-4-6-15(18)13-23/h4-12H,14H2,1-3H3. The Hall–Kier alpha value is -3.92. The summed E-state index contributed by atoms with van der Waals surface area (Å²) >= 11 is 0. The Morgan fingerprint density at radius 2 is 1.79 bits per heavy atom. The maximum Gasteiger partial charge on any atom is 0.293 e.